The summed E-state index contributed by atoms with van der Waals surface area (Å²) in [4.78, 5) is 0. The van der Waals surface area contributed by atoms with Crippen molar-refractivity contribution in [3.63, 3.8) is 0 Å². The second-order valence-corrected chi connectivity index (χ2v) is 9.92. The third-order valence-corrected chi connectivity index (χ3v) is 6.20. The third-order valence-electron chi connectivity index (χ3n) is 3.90. The van der Waals surface area contributed by atoms with Gasteiger partial charge < -0.3 is 29.7 Å². The first-order valence-corrected chi connectivity index (χ1v) is 12.5. The summed E-state index contributed by atoms with van der Waals surface area (Å²) in [6.45, 7) is -0.612. The maximum absolute atomic E-state index is 11.0. The molecule has 6 atom stereocenters. The minimum absolute atomic E-state index is 0. The molecule has 0 aromatic rings. The Hall–Kier alpha value is 1.32. The SMILES string of the molecule is CS(=O)CCCCCC/C(=N/OS(=O)(=O)[O-])S[C@@H]1O[C@H](CO)[C@@H](O)[C@H](O)[C@H]1O.[K+]. The summed E-state index contributed by atoms with van der Waals surface area (Å²) in [7, 11) is -5.95. The summed E-state index contributed by atoms with van der Waals surface area (Å²) in [5.74, 6) is 0.581. The number of rotatable bonds is 11. The molecule has 1 rings (SSSR count). The van der Waals surface area contributed by atoms with Crippen molar-refractivity contribution in [2.24, 2.45) is 5.16 Å². The first-order chi connectivity index (χ1) is 13.0. The van der Waals surface area contributed by atoms with E-state index in [-0.39, 0.29) is 62.8 Å². The molecule has 11 nitrogen and oxygen atoms in total. The minimum atomic E-state index is -5.07. The number of thioether (sulfide) groups is 1. The molecular weight excluding hydrogens is 477 g/mol. The molecule has 1 heterocycles. The molecule has 0 aliphatic carbocycles. The molecule has 0 aromatic heterocycles. The van der Waals surface area contributed by atoms with Crippen LogP contribution in [0, 0.1) is 0 Å². The van der Waals surface area contributed by atoms with E-state index in [4.69, 9.17) is 4.74 Å². The van der Waals surface area contributed by atoms with Gasteiger partial charge in [0.25, 0.3) is 10.4 Å². The van der Waals surface area contributed by atoms with Crippen LogP contribution >= 0.6 is 11.8 Å². The zero-order chi connectivity index (χ0) is 21.3. The average molecular weight is 504 g/mol. The van der Waals surface area contributed by atoms with E-state index in [1.807, 2.05) is 0 Å². The van der Waals surface area contributed by atoms with Gasteiger partial charge in [-0.3, -0.25) is 8.49 Å². The van der Waals surface area contributed by atoms with Gasteiger partial charge in [-0.2, -0.15) is 8.42 Å². The Morgan fingerprint density at radius 3 is 2.34 bits per heavy atom. The molecule has 0 bridgehead atoms. The molecule has 0 aromatic carbocycles. The van der Waals surface area contributed by atoms with Crippen LogP contribution in [0.2, 0.25) is 0 Å². The van der Waals surface area contributed by atoms with Gasteiger partial charge in [0.05, 0.1) is 6.61 Å². The first kappa shape index (κ1) is 30.3. The van der Waals surface area contributed by atoms with E-state index in [1.165, 1.54) is 0 Å². The Morgan fingerprint density at radius 2 is 1.79 bits per heavy atom. The van der Waals surface area contributed by atoms with Gasteiger partial charge in [-0.1, -0.05) is 29.8 Å². The summed E-state index contributed by atoms with van der Waals surface area (Å²) in [5, 5.41) is 42.2. The molecule has 1 fully saturated rings. The predicted octanol–water partition coefficient (Wildman–Crippen LogP) is -4.36. The summed E-state index contributed by atoms with van der Waals surface area (Å²) >= 11 is 0.727. The molecule has 1 saturated heterocycles. The molecule has 0 spiro atoms. The van der Waals surface area contributed by atoms with Crippen molar-refractivity contribution < 1.29 is 98.0 Å². The Kier molecular flexibility index (Phi) is 15.9. The smallest absolute Gasteiger partial charge is 0.714 e. The van der Waals surface area contributed by atoms with Gasteiger partial charge in [-0.25, -0.2) is 0 Å². The Bertz CT molecular complexity index is 633. The number of oxime groups is 1. The van der Waals surface area contributed by atoms with Crippen LogP contribution in [-0.2, 0) is 30.2 Å². The largest absolute Gasteiger partial charge is 1.00 e. The maximum atomic E-state index is 11.0. The molecule has 29 heavy (non-hydrogen) atoms. The number of aliphatic hydroxyl groups is 4. The first-order valence-electron chi connectivity index (χ1n) is 8.53. The van der Waals surface area contributed by atoms with Gasteiger partial charge >= 0.3 is 51.4 Å². The third kappa shape index (κ3) is 12.2. The van der Waals surface area contributed by atoms with E-state index in [2.05, 4.69) is 9.44 Å². The van der Waals surface area contributed by atoms with Crippen molar-refractivity contribution in [3.05, 3.63) is 0 Å². The summed E-state index contributed by atoms with van der Waals surface area (Å²) < 4.78 is 52.2. The molecule has 4 N–H and O–H groups in total. The second kappa shape index (κ2) is 15.2. The van der Waals surface area contributed by atoms with Gasteiger partial charge in [0, 0.05) is 22.8 Å². The van der Waals surface area contributed by atoms with Gasteiger partial charge in [0.1, 0.15) is 34.9 Å². The van der Waals surface area contributed by atoms with Crippen molar-refractivity contribution in [1.82, 2.24) is 0 Å². The van der Waals surface area contributed by atoms with E-state index in [0.717, 1.165) is 31.0 Å². The van der Waals surface area contributed by atoms with Gasteiger partial charge in [0.2, 0.25) is 0 Å². The Labute approximate surface area is 219 Å². The van der Waals surface area contributed by atoms with Crippen LogP contribution in [0.25, 0.3) is 0 Å². The van der Waals surface area contributed by atoms with Gasteiger partial charge in [-0.15, -0.1) is 0 Å². The number of hydrogen-bond donors (Lipinski definition) is 4. The van der Waals surface area contributed by atoms with Crippen LogP contribution in [0.1, 0.15) is 32.1 Å². The molecule has 0 radical (unpaired) electrons. The quantitative estimate of drug-likeness (QED) is 0.0406. The normalized spacial score (nSPS) is 29.2. The molecular formula is C14H26KNO10S3. The molecule has 0 saturated carbocycles. The van der Waals surface area contributed by atoms with E-state index >= 15 is 0 Å². The fourth-order valence-corrected chi connectivity index (χ4v) is 4.40. The van der Waals surface area contributed by atoms with Crippen LogP contribution in [0.3, 0.4) is 0 Å². The van der Waals surface area contributed by atoms with Crippen LogP contribution in [0.15, 0.2) is 5.16 Å². The van der Waals surface area contributed by atoms with Crippen LogP contribution in [0.4, 0.5) is 0 Å². The molecule has 166 valence electrons. The molecule has 1 unspecified atom stereocenters. The summed E-state index contributed by atoms with van der Waals surface area (Å²) in [6.07, 6.45) is -1.17. The van der Waals surface area contributed by atoms with Crippen LogP contribution in [-0.4, -0.2) is 91.1 Å². The van der Waals surface area contributed by atoms with E-state index in [1.54, 1.807) is 6.26 Å². The fraction of sp³-hybridized carbons (Fsp3) is 0.929. The van der Waals surface area contributed by atoms with E-state index in [0.29, 0.717) is 12.2 Å². The van der Waals surface area contributed by atoms with Crippen LogP contribution in [0.5, 0.6) is 0 Å². The molecule has 1 aliphatic heterocycles. The molecule has 15 heteroatoms. The molecule has 1 aliphatic rings. The monoisotopic (exact) mass is 503 g/mol. The van der Waals surface area contributed by atoms with Crippen LogP contribution < -0.4 is 51.4 Å². The second-order valence-electron chi connectivity index (χ2n) is 6.22. The molecule has 0 amide bonds. The Balaban J connectivity index is 0.00000784. The van der Waals surface area contributed by atoms with Crippen molar-refractivity contribution in [2.45, 2.75) is 62.0 Å². The number of unbranched alkanes of at least 4 members (excludes halogenated alkanes) is 3. The summed E-state index contributed by atoms with van der Waals surface area (Å²) in [5.41, 5.74) is -1.17. The summed E-state index contributed by atoms with van der Waals surface area (Å²) in [6, 6.07) is 0. The predicted molar refractivity (Wildman–Crippen MR) is 102 cm³/mol. The number of hydrogen-bond acceptors (Lipinski definition) is 12. The van der Waals surface area contributed by atoms with Gasteiger partial charge in [-0.05, 0) is 19.3 Å². The standard InChI is InChI=1S/C14H27NO10S3.K/c1-27(20)7-5-3-2-4-6-10(15-25-28(21,22)23)26-14-13(19)12(18)11(17)9(8-16)24-14;/h9,11-14,16-19H,2-8H2,1H3,(H,21,22,23);/q;+1/p-1/b15-10-;/t9-,11-,12+,13-,14+,27?;/m1./s1. The van der Waals surface area contributed by atoms with Gasteiger partial charge in [0.15, 0.2) is 0 Å². The Morgan fingerprint density at radius 1 is 1.17 bits per heavy atom. The van der Waals surface area contributed by atoms with Crippen molar-refractivity contribution >= 4 is 38.0 Å². The zero-order valence-electron chi connectivity index (χ0n) is 16.2. The van der Waals surface area contributed by atoms with E-state index < -0.39 is 57.7 Å². The van der Waals surface area contributed by atoms with Crippen molar-refractivity contribution in [1.29, 1.82) is 0 Å². The number of nitrogens with zero attached hydrogens (tertiary/aromatic N) is 1. The average Bonchev–Trinajstić information content (AvgIpc) is 2.61. The zero-order valence-corrected chi connectivity index (χ0v) is 21.8. The maximum Gasteiger partial charge on any atom is 1.00 e. The number of aliphatic hydroxyl groups excluding tert-OH is 4. The van der Waals surface area contributed by atoms with Crippen molar-refractivity contribution in [3.8, 4) is 0 Å². The topological polar surface area (TPSA) is 186 Å². The minimum Gasteiger partial charge on any atom is -0.714 e. The van der Waals surface area contributed by atoms with E-state index in [9.17, 15) is 37.6 Å². The number of ether oxygens (including phenoxy) is 1. The van der Waals surface area contributed by atoms with Crippen molar-refractivity contribution in [2.75, 3.05) is 18.6 Å². The fourth-order valence-electron chi connectivity index (χ4n) is 2.45.